The molecule has 0 aliphatic heterocycles. The van der Waals surface area contributed by atoms with Crippen LogP contribution in [-0.4, -0.2) is 5.91 Å². The first-order chi connectivity index (χ1) is 6.50. The van der Waals surface area contributed by atoms with Gasteiger partial charge in [-0.1, -0.05) is 34.1 Å². The fraction of sp³-hybridized carbons (Fsp3) is 0. The van der Waals surface area contributed by atoms with Crippen LogP contribution in [0.2, 0.25) is 5.02 Å². The molecule has 0 aromatic heterocycles. The topological polar surface area (TPSA) is 55.1 Å². The lowest BCUT2D eigenvalue weighted by Crippen LogP contribution is -2.18. The summed E-state index contributed by atoms with van der Waals surface area (Å²) in [6, 6.07) is 5.22. The van der Waals surface area contributed by atoms with E-state index in [0.717, 1.165) is 4.47 Å². The Labute approximate surface area is 95.1 Å². The van der Waals surface area contributed by atoms with Gasteiger partial charge in [-0.25, -0.2) is 0 Å². The van der Waals surface area contributed by atoms with Crippen LogP contribution in [0.4, 0.5) is 5.69 Å². The number of carbonyl (C=O) groups is 1. The predicted molar refractivity (Wildman–Crippen MR) is 61.1 cm³/mol. The molecule has 0 aliphatic rings. The third kappa shape index (κ3) is 2.75. The van der Waals surface area contributed by atoms with E-state index in [1.54, 1.807) is 18.2 Å². The second kappa shape index (κ2) is 4.48. The lowest BCUT2D eigenvalue weighted by molar-refractivity contribution is -0.114. The van der Waals surface area contributed by atoms with Gasteiger partial charge >= 0.3 is 0 Å². The molecule has 0 saturated carbocycles. The van der Waals surface area contributed by atoms with E-state index < -0.39 is 5.91 Å². The van der Waals surface area contributed by atoms with E-state index in [1.165, 1.54) is 0 Å². The molecule has 0 spiro atoms. The molecule has 0 saturated heterocycles. The van der Waals surface area contributed by atoms with E-state index in [9.17, 15) is 4.79 Å². The van der Waals surface area contributed by atoms with Crippen molar-refractivity contribution in [2.75, 3.05) is 5.32 Å². The molecule has 1 rings (SSSR count). The first-order valence-corrected chi connectivity index (χ1v) is 4.88. The van der Waals surface area contributed by atoms with Gasteiger partial charge < -0.3 is 11.1 Å². The highest BCUT2D eigenvalue weighted by Gasteiger charge is 2.05. The first kappa shape index (κ1) is 11.1. The molecule has 0 atom stereocenters. The van der Waals surface area contributed by atoms with Gasteiger partial charge in [0.2, 0.25) is 0 Å². The van der Waals surface area contributed by atoms with Gasteiger partial charge in [-0.2, -0.15) is 0 Å². The summed E-state index contributed by atoms with van der Waals surface area (Å²) in [5.74, 6) is -0.610. The second-order valence-corrected chi connectivity index (χ2v) is 3.91. The molecule has 3 N–H and O–H groups in total. The van der Waals surface area contributed by atoms with Crippen LogP contribution < -0.4 is 11.1 Å². The zero-order valence-corrected chi connectivity index (χ0v) is 9.52. The molecule has 5 heteroatoms. The summed E-state index contributed by atoms with van der Waals surface area (Å²) in [6.07, 6.45) is 0. The minimum absolute atomic E-state index is 0.102. The normalized spacial score (nSPS) is 9.57. The van der Waals surface area contributed by atoms with Crippen LogP contribution in [0.3, 0.4) is 0 Å². The molecule has 74 valence electrons. The van der Waals surface area contributed by atoms with Crippen LogP contribution >= 0.6 is 27.5 Å². The Morgan fingerprint density at radius 2 is 2.21 bits per heavy atom. The molecule has 0 aliphatic carbocycles. The summed E-state index contributed by atoms with van der Waals surface area (Å²) < 4.78 is 0.849. The minimum atomic E-state index is -0.610. The van der Waals surface area contributed by atoms with Gasteiger partial charge in [0.1, 0.15) is 0 Å². The number of nitrogens with two attached hydrogens (primary N) is 1. The lowest BCUT2D eigenvalue weighted by Gasteiger charge is -2.08. The SMILES string of the molecule is C=C(Nc1cc(Br)ccc1Cl)C(N)=O. The van der Waals surface area contributed by atoms with Crippen molar-refractivity contribution < 1.29 is 4.79 Å². The van der Waals surface area contributed by atoms with Gasteiger partial charge in [-0.05, 0) is 18.2 Å². The van der Waals surface area contributed by atoms with Crippen molar-refractivity contribution in [1.82, 2.24) is 0 Å². The van der Waals surface area contributed by atoms with E-state index in [4.69, 9.17) is 17.3 Å². The molecule has 0 unspecified atom stereocenters. The maximum Gasteiger partial charge on any atom is 0.264 e. The Kier molecular flexibility index (Phi) is 3.55. The number of hydrogen-bond donors (Lipinski definition) is 2. The third-order valence-corrected chi connectivity index (χ3v) is 2.33. The molecule has 0 radical (unpaired) electrons. The summed E-state index contributed by atoms with van der Waals surface area (Å²) in [6.45, 7) is 3.46. The van der Waals surface area contributed by atoms with Gasteiger partial charge in [0.25, 0.3) is 5.91 Å². The fourth-order valence-corrected chi connectivity index (χ4v) is 1.34. The molecule has 1 aromatic carbocycles. The Hall–Kier alpha value is -1.00. The van der Waals surface area contributed by atoms with Gasteiger partial charge in [0.05, 0.1) is 16.4 Å². The molecule has 0 heterocycles. The van der Waals surface area contributed by atoms with Gasteiger partial charge in [-0.3, -0.25) is 4.79 Å². The number of halogens is 2. The standard InChI is InChI=1S/C9H8BrClN2O/c1-5(9(12)14)13-8-4-6(10)2-3-7(8)11/h2-4,13H,1H2,(H2,12,14). The summed E-state index contributed by atoms with van der Waals surface area (Å²) >= 11 is 9.15. The summed E-state index contributed by atoms with van der Waals surface area (Å²) in [7, 11) is 0. The number of carbonyl (C=O) groups excluding carboxylic acids is 1. The second-order valence-electron chi connectivity index (χ2n) is 2.59. The van der Waals surface area contributed by atoms with Crippen LogP contribution in [0.5, 0.6) is 0 Å². The Bertz CT molecular complexity index is 392. The molecule has 0 bridgehead atoms. The highest BCUT2D eigenvalue weighted by Crippen LogP contribution is 2.26. The summed E-state index contributed by atoms with van der Waals surface area (Å²) in [5.41, 5.74) is 5.71. The van der Waals surface area contributed by atoms with Crippen molar-refractivity contribution in [1.29, 1.82) is 0 Å². The van der Waals surface area contributed by atoms with Gasteiger partial charge in [0, 0.05) is 4.47 Å². The van der Waals surface area contributed by atoms with E-state index in [-0.39, 0.29) is 5.70 Å². The van der Waals surface area contributed by atoms with E-state index in [0.29, 0.717) is 10.7 Å². The van der Waals surface area contributed by atoms with Crippen LogP contribution in [0.15, 0.2) is 34.9 Å². The Morgan fingerprint density at radius 1 is 1.57 bits per heavy atom. The summed E-state index contributed by atoms with van der Waals surface area (Å²) in [5, 5.41) is 3.22. The monoisotopic (exact) mass is 274 g/mol. The van der Waals surface area contributed by atoms with E-state index in [1.807, 2.05) is 0 Å². The number of nitrogens with one attached hydrogen (secondary N) is 1. The molecule has 3 nitrogen and oxygen atoms in total. The third-order valence-electron chi connectivity index (χ3n) is 1.51. The zero-order chi connectivity index (χ0) is 10.7. The Morgan fingerprint density at radius 3 is 2.79 bits per heavy atom. The molecule has 14 heavy (non-hydrogen) atoms. The molecular formula is C9H8BrClN2O. The highest BCUT2D eigenvalue weighted by molar-refractivity contribution is 9.10. The number of benzene rings is 1. The van der Waals surface area contributed by atoms with Gasteiger partial charge in [0.15, 0.2) is 0 Å². The van der Waals surface area contributed by atoms with Crippen molar-refractivity contribution in [2.45, 2.75) is 0 Å². The minimum Gasteiger partial charge on any atom is -0.364 e. The number of hydrogen-bond acceptors (Lipinski definition) is 2. The number of amides is 1. The fourth-order valence-electron chi connectivity index (χ4n) is 0.817. The lowest BCUT2D eigenvalue weighted by atomic mass is 10.3. The van der Waals surface area contributed by atoms with Gasteiger partial charge in [-0.15, -0.1) is 0 Å². The van der Waals surface area contributed by atoms with Crippen molar-refractivity contribution in [3.8, 4) is 0 Å². The average molecular weight is 276 g/mol. The van der Waals surface area contributed by atoms with Crippen molar-refractivity contribution in [3.05, 3.63) is 40.0 Å². The highest BCUT2D eigenvalue weighted by atomic mass is 79.9. The smallest absolute Gasteiger partial charge is 0.264 e. The number of rotatable bonds is 3. The predicted octanol–water partition coefficient (Wildman–Crippen LogP) is 2.51. The largest absolute Gasteiger partial charge is 0.364 e. The Balaban J connectivity index is 2.91. The van der Waals surface area contributed by atoms with Crippen LogP contribution in [0.25, 0.3) is 0 Å². The molecule has 0 fully saturated rings. The van der Waals surface area contributed by atoms with Crippen molar-refractivity contribution in [2.24, 2.45) is 5.73 Å². The number of primary amides is 1. The number of anilines is 1. The van der Waals surface area contributed by atoms with E-state index in [2.05, 4.69) is 27.8 Å². The zero-order valence-electron chi connectivity index (χ0n) is 7.18. The maximum atomic E-state index is 10.7. The quantitative estimate of drug-likeness (QED) is 0.833. The summed E-state index contributed by atoms with van der Waals surface area (Å²) in [4.78, 5) is 10.7. The first-order valence-electron chi connectivity index (χ1n) is 3.71. The van der Waals surface area contributed by atoms with Crippen molar-refractivity contribution in [3.63, 3.8) is 0 Å². The molecule has 1 aromatic rings. The molecule has 1 amide bonds. The maximum absolute atomic E-state index is 10.7. The van der Waals surface area contributed by atoms with Crippen LogP contribution in [0.1, 0.15) is 0 Å². The van der Waals surface area contributed by atoms with Crippen LogP contribution in [0, 0.1) is 0 Å². The molecular weight excluding hydrogens is 267 g/mol. The average Bonchev–Trinajstić information content (AvgIpc) is 2.11. The van der Waals surface area contributed by atoms with Crippen LogP contribution in [-0.2, 0) is 4.79 Å². The van der Waals surface area contributed by atoms with E-state index >= 15 is 0 Å². The van der Waals surface area contributed by atoms with Crippen molar-refractivity contribution >= 4 is 39.1 Å².